The number of amides is 2. The summed E-state index contributed by atoms with van der Waals surface area (Å²) in [5.41, 5.74) is 0.611. The number of anilines is 1. The van der Waals surface area contributed by atoms with Crippen LogP contribution in [0, 0.1) is 0 Å². The van der Waals surface area contributed by atoms with E-state index in [1.165, 1.54) is 17.0 Å². The van der Waals surface area contributed by atoms with Gasteiger partial charge in [0.15, 0.2) is 0 Å². The van der Waals surface area contributed by atoms with Crippen LogP contribution in [0.25, 0.3) is 0 Å². The van der Waals surface area contributed by atoms with Crippen LogP contribution in [0.5, 0.6) is 0 Å². The number of benzene rings is 1. The molecule has 2 N–H and O–H groups in total. The van der Waals surface area contributed by atoms with Gasteiger partial charge in [0.05, 0.1) is 5.56 Å². The number of nitrogens with zero attached hydrogens (tertiary/aromatic N) is 1. The third-order valence-corrected chi connectivity index (χ3v) is 1.77. The molecule has 0 saturated heterocycles. The van der Waals surface area contributed by atoms with Crippen molar-refractivity contribution in [2.24, 2.45) is 0 Å². The molecule has 0 aromatic heterocycles. The molecule has 0 saturated carbocycles. The molecule has 0 atom stereocenters. The zero-order chi connectivity index (χ0) is 15.4. The summed E-state index contributed by atoms with van der Waals surface area (Å²) in [6.07, 6.45) is 0. The Morgan fingerprint density at radius 1 is 1.11 bits per heavy atom. The number of nitrogens with one attached hydrogen (secondary N) is 1. The van der Waals surface area contributed by atoms with Gasteiger partial charge in [-0.15, -0.1) is 0 Å². The first-order valence-electron chi connectivity index (χ1n) is 6.32. The maximum absolute atomic E-state index is 11.3. The first-order chi connectivity index (χ1) is 9.00. The van der Waals surface area contributed by atoms with Gasteiger partial charge in [0, 0.05) is 19.8 Å². The average molecular weight is 268 g/mol. The minimum atomic E-state index is -1.02. The van der Waals surface area contributed by atoms with Crippen LogP contribution in [0.4, 0.5) is 10.5 Å². The number of carboxylic acids is 1. The molecule has 0 aliphatic heterocycles. The molecule has 0 unspecified atom stereocenters. The highest BCUT2D eigenvalue weighted by atomic mass is 16.4. The average Bonchev–Trinajstić information content (AvgIpc) is 2.43. The molecule has 1 aromatic rings. The number of urea groups is 1. The third-order valence-electron chi connectivity index (χ3n) is 1.77. The lowest BCUT2D eigenvalue weighted by atomic mass is 10.2. The van der Waals surface area contributed by atoms with E-state index in [2.05, 4.69) is 5.32 Å². The second-order valence-electron chi connectivity index (χ2n) is 3.21. The molecule has 0 fully saturated rings. The highest BCUT2D eigenvalue weighted by molar-refractivity contribution is 5.92. The molecule has 2 amide bonds. The van der Waals surface area contributed by atoms with Gasteiger partial charge in [0.25, 0.3) is 0 Å². The lowest BCUT2D eigenvalue weighted by Crippen LogP contribution is -2.27. The Morgan fingerprint density at radius 3 is 2.05 bits per heavy atom. The summed E-state index contributed by atoms with van der Waals surface area (Å²) in [7, 11) is 3.22. The van der Waals surface area contributed by atoms with Gasteiger partial charge in [-0.25, -0.2) is 9.59 Å². The Kier molecular flexibility index (Phi) is 11.3. The van der Waals surface area contributed by atoms with E-state index in [0.717, 1.165) is 0 Å². The van der Waals surface area contributed by atoms with E-state index in [0.29, 0.717) is 5.69 Å². The highest BCUT2D eigenvalue weighted by Crippen LogP contribution is 2.10. The van der Waals surface area contributed by atoms with Crippen molar-refractivity contribution in [1.29, 1.82) is 0 Å². The zero-order valence-corrected chi connectivity index (χ0v) is 12.5. The van der Waals surface area contributed by atoms with Gasteiger partial charge in [-0.1, -0.05) is 33.8 Å². The Morgan fingerprint density at radius 2 is 1.63 bits per heavy atom. The SMILES string of the molecule is CC.CC.CN(C)C(=O)Nc1cccc(C(=O)O)c1. The van der Waals surface area contributed by atoms with Gasteiger partial charge in [-0.05, 0) is 18.2 Å². The fraction of sp³-hybridized carbons (Fsp3) is 0.429. The molecule has 0 spiro atoms. The van der Waals surface area contributed by atoms with E-state index in [1.54, 1.807) is 26.2 Å². The molecule has 108 valence electrons. The van der Waals surface area contributed by atoms with E-state index in [9.17, 15) is 9.59 Å². The Balaban J connectivity index is 0. The minimum Gasteiger partial charge on any atom is -0.478 e. The summed E-state index contributed by atoms with van der Waals surface area (Å²) < 4.78 is 0. The van der Waals surface area contributed by atoms with Gasteiger partial charge in [0.1, 0.15) is 0 Å². The number of carbonyl (C=O) groups excluding carboxylic acids is 1. The molecular formula is C14H24N2O3. The molecule has 1 aromatic carbocycles. The number of carboxylic acid groups (broad SMARTS) is 1. The van der Waals surface area contributed by atoms with Crippen molar-refractivity contribution >= 4 is 17.7 Å². The molecule has 5 nitrogen and oxygen atoms in total. The summed E-state index contributed by atoms with van der Waals surface area (Å²) in [6, 6.07) is 5.79. The number of aromatic carboxylic acids is 1. The fourth-order valence-corrected chi connectivity index (χ4v) is 0.965. The molecule has 0 aliphatic carbocycles. The molecule has 0 heterocycles. The van der Waals surface area contributed by atoms with Crippen molar-refractivity contribution in [3.8, 4) is 0 Å². The molecule has 0 bridgehead atoms. The summed E-state index contributed by atoms with van der Waals surface area (Å²) >= 11 is 0. The lowest BCUT2D eigenvalue weighted by Gasteiger charge is -2.11. The quantitative estimate of drug-likeness (QED) is 0.862. The van der Waals surface area contributed by atoms with Gasteiger partial charge < -0.3 is 15.3 Å². The van der Waals surface area contributed by atoms with Crippen LogP contribution in [0.15, 0.2) is 24.3 Å². The van der Waals surface area contributed by atoms with Crippen molar-refractivity contribution in [2.75, 3.05) is 19.4 Å². The van der Waals surface area contributed by atoms with Crippen molar-refractivity contribution in [3.63, 3.8) is 0 Å². The van der Waals surface area contributed by atoms with Crippen LogP contribution in [0.3, 0.4) is 0 Å². The van der Waals surface area contributed by atoms with Crippen LogP contribution < -0.4 is 5.32 Å². The van der Waals surface area contributed by atoms with Gasteiger partial charge in [-0.2, -0.15) is 0 Å². The Labute approximate surface area is 115 Å². The molecule has 5 heteroatoms. The van der Waals surface area contributed by atoms with Gasteiger partial charge in [-0.3, -0.25) is 0 Å². The second kappa shape index (κ2) is 11.1. The zero-order valence-electron chi connectivity index (χ0n) is 12.5. The molecular weight excluding hydrogens is 244 g/mol. The van der Waals surface area contributed by atoms with Crippen LogP contribution in [0.1, 0.15) is 38.1 Å². The number of hydrogen-bond donors (Lipinski definition) is 2. The molecule has 0 radical (unpaired) electrons. The number of carbonyl (C=O) groups is 2. The van der Waals surface area contributed by atoms with Crippen molar-refractivity contribution < 1.29 is 14.7 Å². The maximum Gasteiger partial charge on any atom is 0.335 e. The van der Waals surface area contributed by atoms with E-state index in [4.69, 9.17) is 5.11 Å². The Hall–Kier alpha value is -2.04. The summed E-state index contributed by atoms with van der Waals surface area (Å²) in [5.74, 6) is -1.02. The standard InChI is InChI=1S/C10H12N2O3.2C2H6/c1-12(2)10(15)11-8-5-3-4-7(6-8)9(13)14;2*1-2/h3-6H,1-2H3,(H,11,15)(H,13,14);2*1-2H3. The topological polar surface area (TPSA) is 69.6 Å². The van der Waals surface area contributed by atoms with Crippen molar-refractivity contribution in [1.82, 2.24) is 4.90 Å². The van der Waals surface area contributed by atoms with Crippen molar-refractivity contribution in [3.05, 3.63) is 29.8 Å². The Bertz CT molecular complexity index is 390. The normalized spacial score (nSPS) is 8.11. The van der Waals surface area contributed by atoms with Gasteiger partial charge in [0.2, 0.25) is 0 Å². The fourth-order valence-electron chi connectivity index (χ4n) is 0.965. The number of hydrogen-bond acceptors (Lipinski definition) is 2. The second-order valence-corrected chi connectivity index (χ2v) is 3.21. The molecule has 0 aliphatic rings. The summed E-state index contributed by atoms with van der Waals surface area (Å²) in [5, 5.41) is 11.3. The van der Waals surface area contributed by atoms with Gasteiger partial charge >= 0.3 is 12.0 Å². The first-order valence-corrected chi connectivity index (χ1v) is 6.32. The van der Waals surface area contributed by atoms with Crippen LogP contribution in [-0.4, -0.2) is 36.1 Å². The lowest BCUT2D eigenvalue weighted by molar-refractivity contribution is 0.0697. The van der Waals surface area contributed by atoms with Crippen LogP contribution in [-0.2, 0) is 0 Å². The summed E-state index contributed by atoms with van der Waals surface area (Å²) in [6.45, 7) is 8.00. The summed E-state index contributed by atoms with van der Waals surface area (Å²) in [4.78, 5) is 23.3. The smallest absolute Gasteiger partial charge is 0.335 e. The monoisotopic (exact) mass is 268 g/mol. The van der Waals surface area contributed by atoms with E-state index >= 15 is 0 Å². The largest absolute Gasteiger partial charge is 0.478 e. The van der Waals surface area contributed by atoms with E-state index in [-0.39, 0.29) is 11.6 Å². The van der Waals surface area contributed by atoms with Crippen LogP contribution >= 0.6 is 0 Å². The third kappa shape index (κ3) is 7.81. The van der Waals surface area contributed by atoms with Crippen molar-refractivity contribution in [2.45, 2.75) is 27.7 Å². The van der Waals surface area contributed by atoms with Crippen LogP contribution in [0.2, 0.25) is 0 Å². The van der Waals surface area contributed by atoms with E-state index in [1.807, 2.05) is 27.7 Å². The first kappa shape index (κ1) is 19.3. The maximum atomic E-state index is 11.3. The highest BCUT2D eigenvalue weighted by Gasteiger charge is 2.06. The molecule has 1 rings (SSSR count). The number of rotatable bonds is 2. The minimum absolute atomic E-state index is 0.145. The predicted molar refractivity (Wildman–Crippen MR) is 78.8 cm³/mol. The molecule has 19 heavy (non-hydrogen) atoms. The van der Waals surface area contributed by atoms with E-state index < -0.39 is 5.97 Å². The predicted octanol–water partition coefficient (Wildman–Crippen LogP) is 3.53.